The largest absolute Gasteiger partial charge is 0.466 e. The van der Waals surface area contributed by atoms with E-state index in [2.05, 4.69) is 15.0 Å². The molecule has 1 unspecified atom stereocenters. The van der Waals surface area contributed by atoms with Gasteiger partial charge in [-0.1, -0.05) is 0 Å². The van der Waals surface area contributed by atoms with Crippen LogP contribution in [0.3, 0.4) is 0 Å². The number of carbonyl (C=O) groups is 1. The fourth-order valence-corrected chi connectivity index (χ4v) is 2.84. The van der Waals surface area contributed by atoms with Crippen LogP contribution in [0.5, 0.6) is 0 Å². The third-order valence-corrected chi connectivity index (χ3v) is 3.93. The summed E-state index contributed by atoms with van der Waals surface area (Å²) < 4.78 is 6.88. The normalized spacial score (nSPS) is 18.0. The predicted molar refractivity (Wildman–Crippen MR) is 85.1 cm³/mol. The zero-order valence-electron chi connectivity index (χ0n) is 13.1. The maximum atomic E-state index is 12.0. The highest BCUT2D eigenvalue weighted by Gasteiger charge is 2.29. The SMILES string of the molecule is CCOC(=O)C1CCCN(c2ncnc(-n3ccnc3)c2N)C1. The molecule has 0 aromatic carbocycles. The molecule has 1 fully saturated rings. The summed E-state index contributed by atoms with van der Waals surface area (Å²) in [7, 11) is 0. The minimum atomic E-state index is -0.153. The first-order valence-corrected chi connectivity index (χ1v) is 7.71. The number of hydrogen-bond acceptors (Lipinski definition) is 7. The number of carbonyl (C=O) groups excluding carboxylic acids is 1. The van der Waals surface area contributed by atoms with Gasteiger partial charge < -0.3 is 15.4 Å². The van der Waals surface area contributed by atoms with Crippen molar-refractivity contribution in [3.05, 3.63) is 25.0 Å². The maximum Gasteiger partial charge on any atom is 0.310 e. The van der Waals surface area contributed by atoms with E-state index < -0.39 is 0 Å². The molecule has 2 aromatic heterocycles. The second-order valence-corrected chi connectivity index (χ2v) is 5.44. The zero-order valence-corrected chi connectivity index (χ0v) is 13.1. The Morgan fingerprint density at radius 1 is 1.43 bits per heavy atom. The average molecular weight is 316 g/mol. The number of hydrogen-bond donors (Lipinski definition) is 1. The van der Waals surface area contributed by atoms with E-state index in [9.17, 15) is 4.79 Å². The molecule has 3 heterocycles. The van der Waals surface area contributed by atoms with Crippen LogP contribution in [0.15, 0.2) is 25.0 Å². The van der Waals surface area contributed by atoms with Gasteiger partial charge in [0.05, 0.1) is 12.5 Å². The van der Waals surface area contributed by atoms with Crippen molar-refractivity contribution in [2.45, 2.75) is 19.8 Å². The summed E-state index contributed by atoms with van der Waals surface area (Å²) in [6.45, 7) is 3.58. The fraction of sp³-hybridized carbons (Fsp3) is 0.467. The number of nitrogens with two attached hydrogens (primary N) is 1. The highest BCUT2D eigenvalue weighted by molar-refractivity contribution is 5.75. The van der Waals surface area contributed by atoms with E-state index >= 15 is 0 Å². The summed E-state index contributed by atoms with van der Waals surface area (Å²) in [6, 6.07) is 0. The Balaban J connectivity index is 1.84. The minimum Gasteiger partial charge on any atom is -0.466 e. The van der Waals surface area contributed by atoms with Gasteiger partial charge in [-0.3, -0.25) is 9.36 Å². The number of nitrogens with zero attached hydrogens (tertiary/aromatic N) is 5. The van der Waals surface area contributed by atoms with Gasteiger partial charge in [-0.05, 0) is 19.8 Å². The first kappa shape index (κ1) is 15.3. The Bertz CT molecular complexity index is 673. The van der Waals surface area contributed by atoms with Crippen LogP contribution < -0.4 is 10.6 Å². The van der Waals surface area contributed by atoms with Crippen molar-refractivity contribution in [3.8, 4) is 5.82 Å². The second kappa shape index (κ2) is 6.64. The molecule has 0 bridgehead atoms. The third kappa shape index (κ3) is 3.10. The van der Waals surface area contributed by atoms with Gasteiger partial charge in [0.2, 0.25) is 0 Å². The molecule has 122 valence electrons. The van der Waals surface area contributed by atoms with Crippen LogP contribution in [0.25, 0.3) is 5.82 Å². The number of nitrogen functional groups attached to an aromatic ring is 1. The van der Waals surface area contributed by atoms with Crippen LogP contribution in [-0.2, 0) is 9.53 Å². The highest BCUT2D eigenvalue weighted by Crippen LogP contribution is 2.29. The molecule has 1 aliphatic heterocycles. The van der Waals surface area contributed by atoms with Crippen molar-refractivity contribution in [2.75, 3.05) is 30.3 Å². The van der Waals surface area contributed by atoms with Crippen molar-refractivity contribution in [2.24, 2.45) is 5.92 Å². The molecule has 0 saturated carbocycles. The van der Waals surface area contributed by atoms with Gasteiger partial charge in [0.15, 0.2) is 11.6 Å². The summed E-state index contributed by atoms with van der Waals surface area (Å²) in [5.41, 5.74) is 6.74. The fourth-order valence-electron chi connectivity index (χ4n) is 2.84. The summed E-state index contributed by atoms with van der Waals surface area (Å²) >= 11 is 0. The first-order chi connectivity index (χ1) is 11.2. The third-order valence-electron chi connectivity index (χ3n) is 3.93. The molecule has 0 radical (unpaired) electrons. The van der Waals surface area contributed by atoms with E-state index in [-0.39, 0.29) is 11.9 Å². The van der Waals surface area contributed by atoms with Crippen LogP contribution in [-0.4, -0.2) is 45.2 Å². The molecule has 0 amide bonds. The number of piperidine rings is 1. The van der Waals surface area contributed by atoms with E-state index in [4.69, 9.17) is 10.5 Å². The molecular formula is C15H20N6O2. The van der Waals surface area contributed by atoms with E-state index in [1.54, 1.807) is 23.3 Å². The molecule has 1 atom stereocenters. The number of esters is 1. The summed E-state index contributed by atoms with van der Waals surface area (Å²) in [4.78, 5) is 26.6. The van der Waals surface area contributed by atoms with Crippen LogP contribution in [0.2, 0.25) is 0 Å². The lowest BCUT2D eigenvalue weighted by molar-refractivity contribution is -0.148. The minimum absolute atomic E-state index is 0.144. The topological polar surface area (TPSA) is 99.2 Å². The Hall–Kier alpha value is -2.64. The molecule has 1 aliphatic rings. The van der Waals surface area contributed by atoms with Gasteiger partial charge in [0.1, 0.15) is 18.3 Å². The van der Waals surface area contributed by atoms with Crippen molar-refractivity contribution in [3.63, 3.8) is 0 Å². The van der Waals surface area contributed by atoms with E-state index in [0.29, 0.717) is 30.5 Å². The van der Waals surface area contributed by atoms with Gasteiger partial charge >= 0.3 is 5.97 Å². The lowest BCUT2D eigenvalue weighted by Crippen LogP contribution is -2.40. The number of rotatable bonds is 4. The van der Waals surface area contributed by atoms with Crippen molar-refractivity contribution in [1.82, 2.24) is 19.5 Å². The molecule has 2 N–H and O–H groups in total. The van der Waals surface area contributed by atoms with Crippen LogP contribution in [0, 0.1) is 5.92 Å². The van der Waals surface area contributed by atoms with Crippen molar-refractivity contribution < 1.29 is 9.53 Å². The standard InChI is InChI=1S/C15H20N6O2/c1-2-23-15(22)11-4-3-6-20(8-11)13-12(16)14(19-9-18-13)21-7-5-17-10-21/h5,7,9-11H,2-4,6,8,16H2,1H3. The Kier molecular flexibility index (Phi) is 4.40. The maximum absolute atomic E-state index is 12.0. The highest BCUT2D eigenvalue weighted by atomic mass is 16.5. The molecule has 3 rings (SSSR count). The summed E-state index contributed by atoms with van der Waals surface area (Å²) in [6.07, 6.45) is 8.29. The van der Waals surface area contributed by atoms with Gasteiger partial charge in [0, 0.05) is 25.5 Å². The lowest BCUT2D eigenvalue weighted by atomic mass is 9.98. The molecule has 2 aromatic rings. The van der Waals surface area contributed by atoms with Gasteiger partial charge in [0.25, 0.3) is 0 Å². The molecule has 0 spiro atoms. The molecular weight excluding hydrogens is 296 g/mol. The second-order valence-electron chi connectivity index (χ2n) is 5.44. The number of aromatic nitrogens is 4. The zero-order chi connectivity index (χ0) is 16.2. The summed E-state index contributed by atoms with van der Waals surface area (Å²) in [5.74, 6) is 0.942. The number of anilines is 2. The Labute approximate surface area is 134 Å². The molecule has 23 heavy (non-hydrogen) atoms. The van der Waals surface area contributed by atoms with Gasteiger partial charge in [-0.2, -0.15) is 0 Å². The van der Waals surface area contributed by atoms with Crippen molar-refractivity contribution >= 4 is 17.5 Å². The summed E-state index contributed by atoms with van der Waals surface area (Å²) in [5, 5.41) is 0. The monoisotopic (exact) mass is 316 g/mol. The predicted octanol–water partition coefficient (Wildman–Crippen LogP) is 1.02. The van der Waals surface area contributed by atoms with E-state index in [1.807, 2.05) is 11.8 Å². The van der Waals surface area contributed by atoms with Crippen LogP contribution in [0.4, 0.5) is 11.5 Å². The first-order valence-electron chi connectivity index (χ1n) is 7.71. The molecule has 8 nitrogen and oxygen atoms in total. The van der Waals surface area contributed by atoms with Crippen LogP contribution >= 0.6 is 0 Å². The van der Waals surface area contributed by atoms with Crippen molar-refractivity contribution in [1.29, 1.82) is 0 Å². The van der Waals surface area contributed by atoms with Gasteiger partial charge in [-0.25, -0.2) is 15.0 Å². The quantitative estimate of drug-likeness (QED) is 0.841. The Morgan fingerprint density at radius 3 is 3.00 bits per heavy atom. The van der Waals surface area contributed by atoms with Crippen LogP contribution in [0.1, 0.15) is 19.8 Å². The lowest BCUT2D eigenvalue weighted by Gasteiger charge is -2.33. The Morgan fingerprint density at radius 2 is 2.26 bits per heavy atom. The molecule has 0 aliphatic carbocycles. The smallest absolute Gasteiger partial charge is 0.310 e. The van der Waals surface area contributed by atoms with E-state index in [1.165, 1.54) is 6.33 Å². The average Bonchev–Trinajstić information content (AvgIpc) is 3.10. The molecule has 8 heteroatoms. The number of ether oxygens (including phenoxy) is 1. The van der Waals surface area contributed by atoms with E-state index in [0.717, 1.165) is 19.4 Å². The number of imidazole rings is 1. The van der Waals surface area contributed by atoms with Gasteiger partial charge in [-0.15, -0.1) is 0 Å². The molecule has 1 saturated heterocycles.